The highest BCUT2D eigenvalue weighted by molar-refractivity contribution is 6.08. The van der Waals surface area contributed by atoms with Gasteiger partial charge < -0.3 is 23.8 Å². The molecule has 7 nitrogen and oxygen atoms in total. The van der Waals surface area contributed by atoms with Gasteiger partial charge in [-0.25, -0.2) is 0 Å². The molecular weight excluding hydrogens is 432 g/mol. The molecule has 0 unspecified atom stereocenters. The molecular formula is C27H26N2O5. The lowest BCUT2D eigenvalue weighted by atomic mass is 10.00. The third-order valence-corrected chi connectivity index (χ3v) is 6.24. The minimum absolute atomic E-state index is 0.0181. The Kier molecular flexibility index (Phi) is 5.84. The lowest BCUT2D eigenvalue weighted by Crippen LogP contribution is -2.46. The zero-order chi connectivity index (χ0) is 23.7. The number of rotatable bonds is 5. The minimum atomic E-state index is -0.226. The van der Waals surface area contributed by atoms with E-state index in [1.165, 1.54) is 0 Å². The van der Waals surface area contributed by atoms with Crippen LogP contribution >= 0.6 is 0 Å². The minimum Gasteiger partial charge on any atom is -0.497 e. The van der Waals surface area contributed by atoms with Crippen LogP contribution in [0.3, 0.4) is 0 Å². The van der Waals surface area contributed by atoms with Gasteiger partial charge in [-0.1, -0.05) is 30.3 Å². The highest BCUT2D eigenvalue weighted by Gasteiger charge is 2.30. The first-order chi connectivity index (χ1) is 16.5. The van der Waals surface area contributed by atoms with Gasteiger partial charge in [0.1, 0.15) is 17.1 Å². The largest absolute Gasteiger partial charge is 0.497 e. The molecule has 2 aromatic carbocycles. The van der Waals surface area contributed by atoms with Crippen LogP contribution in [-0.2, 0) is 0 Å². The SMILES string of the molecule is COc1ccc2c(-c3ccccc3)c(C(=O)N3CCC(NC(=O)c4ccc(C)o4)CC3)oc2c1. The van der Waals surface area contributed by atoms with Crippen molar-refractivity contribution in [1.82, 2.24) is 10.2 Å². The van der Waals surface area contributed by atoms with Crippen molar-refractivity contribution in [1.29, 1.82) is 0 Å². The molecule has 1 N–H and O–H groups in total. The Morgan fingerprint density at radius 3 is 2.44 bits per heavy atom. The number of amides is 2. The first kappa shape index (κ1) is 21.8. The zero-order valence-corrected chi connectivity index (χ0v) is 19.2. The summed E-state index contributed by atoms with van der Waals surface area (Å²) in [6.45, 7) is 2.85. The van der Waals surface area contributed by atoms with E-state index >= 15 is 0 Å². The topological polar surface area (TPSA) is 84.9 Å². The number of carbonyl (C=O) groups excluding carboxylic acids is 2. The normalized spacial score (nSPS) is 14.4. The molecule has 34 heavy (non-hydrogen) atoms. The average Bonchev–Trinajstić information content (AvgIpc) is 3.48. The molecule has 1 saturated heterocycles. The summed E-state index contributed by atoms with van der Waals surface area (Å²) in [5.41, 5.74) is 2.31. The summed E-state index contributed by atoms with van der Waals surface area (Å²) in [5, 5.41) is 3.88. The van der Waals surface area contributed by atoms with Gasteiger partial charge in [0.05, 0.1) is 7.11 Å². The molecule has 0 aliphatic carbocycles. The van der Waals surface area contributed by atoms with E-state index in [-0.39, 0.29) is 17.9 Å². The molecule has 0 atom stereocenters. The van der Waals surface area contributed by atoms with Crippen molar-refractivity contribution < 1.29 is 23.2 Å². The molecule has 0 spiro atoms. The van der Waals surface area contributed by atoms with E-state index in [1.807, 2.05) is 42.5 Å². The van der Waals surface area contributed by atoms with E-state index in [0.717, 1.165) is 16.5 Å². The summed E-state index contributed by atoms with van der Waals surface area (Å²) in [4.78, 5) is 27.8. The fourth-order valence-corrected chi connectivity index (χ4v) is 4.43. The third-order valence-electron chi connectivity index (χ3n) is 6.24. The highest BCUT2D eigenvalue weighted by atomic mass is 16.5. The standard InChI is InChI=1S/C27H26N2O5/c1-17-8-11-22(33-17)26(30)28-19-12-14-29(15-13-19)27(31)25-24(18-6-4-3-5-7-18)21-10-9-20(32-2)16-23(21)34-25/h3-11,16,19H,12-15H2,1-2H3,(H,28,30). The van der Waals surface area contributed by atoms with E-state index in [4.69, 9.17) is 13.6 Å². The van der Waals surface area contributed by atoms with E-state index < -0.39 is 0 Å². The van der Waals surface area contributed by atoms with Crippen molar-refractivity contribution in [2.75, 3.05) is 20.2 Å². The maximum atomic E-state index is 13.6. The summed E-state index contributed by atoms with van der Waals surface area (Å²) in [7, 11) is 1.60. The van der Waals surface area contributed by atoms with Gasteiger partial charge in [0.15, 0.2) is 5.76 Å². The summed E-state index contributed by atoms with van der Waals surface area (Å²) >= 11 is 0. The Balaban J connectivity index is 1.36. The van der Waals surface area contributed by atoms with E-state index in [2.05, 4.69) is 5.32 Å². The first-order valence-electron chi connectivity index (χ1n) is 11.4. The Labute approximate surface area is 197 Å². The highest BCUT2D eigenvalue weighted by Crippen LogP contribution is 2.37. The fourth-order valence-electron chi connectivity index (χ4n) is 4.43. The number of nitrogens with zero attached hydrogens (tertiary/aromatic N) is 1. The molecule has 0 radical (unpaired) electrons. The summed E-state index contributed by atoms with van der Waals surface area (Å²) in [6.07, 6.45) is 1.32. The number of hydrogen-bond donors (Lipinski definition) is 1. The number of nitrogens with one attached hydrogen (secondary N) is 1. The van der Waals surface area contributed by atoms with Crippen LogP contribution in [0.1, 0.15) is 39.7 Å². The number of aryl methyl sites for hydroxylation is 1. The maximum absolute atomic E-state index is 13.6. The predicted octanol–water partition coefficient (Wildman–Crippen LogP) is 5.04. The molecule has 1 aliphatic rings. The van der Waals surface area contributed by atoms with Crippen LogP contribution in [0, 0.1) is 6.92 Å². The Morgan fingerprint density at radius 1 is 1.00 bits per heavy atom. The Morgan fingerprint density at radius 2 is 1.76 bits per heavy atom. The van der Waals surface area contributed by atoms with Crippen molar-refractivity contribution in [3.8, 4) is 16.9 Å². The maximum Gasteiger partial charge on any atom is 0.290 e. The molecule has 5 rings (SSSR count). The molecule has 2 aromatic heterocycles. The van der Waals surface area contributed by atoms with Gasteiger partial charge in [-0.2, -0.15) is 0 Å². The fraction of sp³-hybridized carbons (Fsp3) is 0.259. The van der Waals surface area contributed by atoms with Crippen molar-refractivity contribution in [3.05, 3.63) is 77.9 Å². The second-order valence-electron chi connectivity index (χ2n) is 8.48. The van der Waals surface area contributed by atoms with Gasteiger partial charge in [-0.3, -0.25) is 9.59 Å². The summed E-state index contributed by atoms with van der Waals surface area (Å²) in [6, 6.07) is 18.8. The van der Waals surface area contributed by atoms with E-state index in [0.29, 0.717) is 54.5 Å². The van der Waals surface area contributed by atoms with Crippen LogP contribution < -0.4 is 10.1 Å². The van der Waals surface area contributed by atoms with Crippen molar-refractivity contribution in [2.45, 2.75) is 25.8 Å². The number of ether oxygens (including phenoxy) is 1. The number of piperidine rings is 1. The van der Waals surface area contributed by atoms with Crippen LogP contribution in [-0.4, -0.2) is 43.0 Å². The van der Waals surface area contributed by atoms with Gasteiger partial charge in [0.25, 0.3) is 11.8 Å². The van der Waals surface area contributed by atoms with E-state index in [9.17, 15) is 9.59 Å². The molecule has 7 heteroatoms. The number of likely N-dealkylation sites (tertiary alicyclic amines) is 1. The van der Waals surface area contributed by atoms with Gasteiger partial charge in [-0.15, -0.1) is 0 Å². The van der Waals surface area contributed by atoms with Crippen molar-refractivity contribution in [3.63, 3.8) is 0 Å². The van der Waals surface area contributed by atoms with Crippen molar-refractivity contribution >= 4 is 22.8 Å². The van der Waals surface area contributed by atoms with Gasteiger partial charge in [0.2, 0.25) is 5.76 Å². The lowest BCUT2D eigenvalue weighted by Gasteiger charge is -2.32. The van der Waals surface area contributed by atoms with Crippen LogP contribution in [0.4, 0.5) is 0 Å². The third kappa shape index (κ3) is 4.17. The molecule has 0 saturated carbocycles. The van der Waals surface area contributed by atoms with Gasteiger partial charge in [-0.05, 0) is 49.6 Å². The average molecular weight is 459 g/mol. The second kappa shape index (κ2) is 9.09. The van der Waals surface area contributed by atoms with Crippen LogP contribution in [0.25, 0.3) is 22.1 Å². The molecule has 1 fully saturated rings. The second-order valence-corrected chi connectivity index (χ2v) is 8.48. The Hall–Kier alpha value is -4.00. The smallest absolute Gasteiger partial charge is 0.290 e. The molecule has 4 aromatic rings. The molecule has 0 bridgehead atoms. The zero-order valence-electron chi connectivity index (χ0n) is 19.2. The first-order valence-corrected chi connectivity index (χ1v) is 11.4. The van der Waals surface area contributed by atoms with Crippen molar-refractivity contribution in [2.24, 2.45) is 0 Å². The van der Waals surface area contributed by atoms with Crippen LogP contribution in [0.2, 0.25) is 0 Å². The predicted molar refractivity (Wildman–Crippen MR) is 128 cm³/mol. The number of hydrogen-bond acceptors (Lipinski definition) is 5. The number of fused-ring (bicyclic) bond motifs is 1. The monoisotopic (exact) mass is 458 g/mol. The summed E-state index contributed by atoms with van der Waals surface area (Å²) < 4.78 is 16.9. The summed E-state index contributed by atoms with van der Waals surface area (Å²) in [5.74, 6) is 1.62. The number of furan rings is 2. The number of benzene rings is 2. The van der Waals surface area contributed by atoms with Crippen LogP contribution in [0.5, 0.6) is 5.75 Å². The quantitative estimate of drug-likeness (QED) is 0.453. The Bertz CT molecular complexity index is 1330. The molecule has 1 aliphatic heterocycles. The van der Waals surface area contributed by atoms with E-state index in [1.54, 1.807) is 37.1 Å². The number of methoxy groups -OCH3 is 1. The molecule has 3 heterocycles. The lowest BCUT2D eigenvalue weighted by molar-refractivity contribution is 0.0668. The molecule has 2 amide bonds. The number of carbonyl (C=O) groups is 2. The molecule has 174 valence electrons. The van der Waals surface area contributed by atoms with Gasteiger partial charge >= 0.3 is 0 Å². The van der Waals surface area contributed by atoms with Gasteiger partial charge in [0, 0.05) is 36.1 Å². The van der Waals surface area contributed by atoms with Crippen LogP contribution in [0.15, 0.2) is 69.5 Å².